The molecule has 4 aromatic heterocycles. The molecule has 0 saturated heterocycles. The summed E-state index contributed by atoms with van der Waals surface area (Å²) in [7, 11) is 0. The largest absolute Gasteiger partial charge is 0.438 e. The van der Waals surface area contributed by atoms with Crippen LogP contribution in [0.15, 0.2) is 167 Å². The maximum atomic E-state index is 6.37. The van der Waals surface area contributed by atoms with E-state index in [0.717, 1.165) is 77.5 Å². The van der Waals surface area contributed by atoms with Crippen LogP contribution < -0.4 is 0 Å². The lowest BCUT2D eigenvalue weighted by atomic mass is 9.90. The van der Waals surface area contributed by atoms with E-state index in [-0.39, 0.29) is 0 Å². The molecule has 6 nitrogen and oxygen atoms in total. The lowest BCUT2D eigenvalue weighted by molar-refractivity contribution is 0.653. The van der Waals surface area contributed by atoms with Crippen LogP contribution in [0.1, 0.15) is 0 Å². The van der Waals surface area contributed by atoms with E-state index in [1.807, 2.05) is 97.1 Å². The molecule has 234 valence electrons. The van der Waals surface area contributed by atoms with Crippen molar-refractivity contribution >= 4 is 44.1 Å². The van der Waals surface area contributed by atoms with Crippen LogP contribution in [0.5, 0.6) is 0 Å². The Labute approximate surface area is 286 Å². The van der Waals surface area contributed by atoms with E-state index < -0.39 is 0 Å². The Hall–Kier alpha value is -6.92. The first-order valence-electron chi connectivity index (χ1n) is 16.5. The summed E-state index contributed by atoms with van der Waals surface area (Å²) in [5, 5.41) is 3.69. The first-order valence-corrected chi connectivity index (χ1v) is 16.5. The van der Waals surface area contributed by atoms with E-state index in [9.17, 15) is 0 Å². The molecule has 0 aliphatic rings. The van der Waals surface area contributed by atoms with Crippen LogP contribution >= 0.6 is 0 Å². The number of rotatable bonds is 5. The summed E-state index contributed by atoms with van der Waals surface area (Å²) >= 11 is 0. The number of nitrogens with zero attached hydrogens (tertiary/aromatic N) is 4. The van der Waals surface area contributed by atoms with Crippen molar-refractivity contribution < 1.29 is 8.83 Å². The van der Waals surface area contributed by atoms with Gasteiger partial charge in [0.1, 0.15) is 11.2 Å². The summed E-state index contributed by atoms with van der Waals surface area (Å²) < 4.78 is 12.7. The highest BCUT2D eigenvalue weighted by molar-refractivity contribution is 6.14. The average Bonchev–Trinajstić information content (AvgIpc) is 3.76. The van der Waals surface area contributed by atoms with Gasteiger partial charge in [-0.1, -0.05) is 146 Å². The molecule has 0 spiro atoms. The summed E-state index contributed by atoms with van der Waals surface area (Å²) in [6, 6.07) is 53.0. The second kappa shape index (κ2) is 11.4. The van der Waals surface area contributed by atoms with Crippen molar-refractivity contribution in [1.82, 2.24) is 19.9 Å². The van der Waals surface area contributed by atoms with Crippen molar-refractivity contribution in [3.05, 3.63) is 158 Å². The van der Waals surface area contributed by atoms with Crippen molar-refractivity contribution in [2.45, 2.75) is 0 Å². The van der Waals surface area contributed by atoms with E-state index in [1.54, 1.807) is 0 Å². The molecule has 6 aromatic carbocycles. The van der Waals surface area contributed by atoms with Crippen LogP contribution in [-0.4, -0.2) is 19.9 Å². The number of hydrogen-bond acceptors (Lipinski definition) is 6. The fourth-order valence-electron chi connectivity index (χ4n) is 6.92. The second-order valence-electron chi connectivity index (χ2n) is 12.2. The monoisotopic (exact) mass is 642 g/mol. The molecule has 6 heteroatoms. The third-order valence-electron chi connectivity index (χ3n) is 9.20. The number of para-hydroxylation sites is 2. The summed E-state index contributed by atoms with van der Waals surface area (Å²) in [6.07, 6.45) is 0. The van der Waals surface area contributed by atoms with E-state index in [4.69, 9.17) is 28.8 Å². The van der Waals surface area contributed by atoms with Crippen molar-refractivity contribution in [1.29, 1.82) is 0 Å². The number of benzene rings is 6. The molecule has 10 rings (SSSR count). The van der Waals surface area contributed by atoms with Gasteiger partial charge < -0.3 is 8.83 Å². The molecule has 0 aliphatic heterocycles. The SMILES string of the molecule is c1ccc(-c2nc(-c3ccccc3-c3ccccc3-c3nc(-c4ccccc4)nc4oc5ccccc5c34)c3c(n2)oc2ccccc23)cc1. The highest BCUT2D eigenvalue weighted by Crippen LogP contribution is 2.44. The maximum absolute atomic E-state index is 6.37. The fourth-order valence-corrected chi connectivity index (χ4v) is 6.92. The Balaban J connectivity index is 1.27. The zero-order valence-electron chi connectivity index (χ0n) is 26.6. The molecule has 0 saturated carbocycles. The van der Waals surface area contributed by atoms with Crippen LogP contribution in [0, 0.1) is 0 Å². The minimum Gasteiger partial charge on any atom is -0.438 e. The van der Waals surface area contributed by atoms with Crippen molar-refractivity contribution in [2.75, 3.05) is 0 Å². The standard InChI is InChI=1S/C44H26N4O2/c1-3-15-27(16-4-1)41-45-39(37-33-23-11-13-25-35(33)49-43(37)47-41)31-21-9-7-19-29(31)30-20-8-10-22-32(30)40-38-34-24-12-14-26-36(34)50-44(38)48-42(46-40)28-17-5-2-6-18-28/h1-26H. The smallest absolute Gasteiger partial charge is 0.231 e. The van der Waals surface area contributed by atoms with Gasteiger partial charge in [-0.05, 0) is 23.3 Å². The van der Waals surface area contributed by atoms with E-state index >= 15 is 0 Å². The minimum atomic E-state index is 0.549. The van der Waals surface area contributed by atoms with Gasteiger partial charge in [0.25, 0.3) is 0 Å². The topological polar surface area (TPSA) is 77.8 Å². The molecule has 10 aromatic rings. The zero-order valence-corrected chi connectivity index (χ0v) is 26.6. The Morgan fingerprint density at radius 2 is 0.680 bits per heavy atom. The maximum Gasteiger partial charge on any atom is 0.231 e. The van der Waals surface area contributed by atoms with Crippen LogP contribution in [0.3, 0.4) is 0 Å². The van der Waals surface area contributed by atoms with Crippen molar-refractivity contribution in [3.8, 4) is 56.4 Å². The van der Waals surface area contributed by atoms with Gasteiger partial charge in [-0.3, -0.25) is 0 Å². The molecule has 0 N–H and O–H groups in total. The number of fused-ring (bicyclic) bond motifs is 6. The number of hydrogen-bond donors (Lipinski definition) is 0. The molecule has 0 atom stereocenters. The third-order valence-corrected chi connectivity index (χ3v) is 9.20. The molecular formula is C44H26N4O2. The highest BCUT2D eigenvalue weighted by Gasteiger charge is 2.24. The van der Waals surface area contributed by atoms with Gasteiger partial charge in [0.05, 0.1) is 22.2 Å². The molecule has 0 fully saturated rings. The quantitative estimate of drug-likeness (QED) is 0.186. The molecule has 50 heavy (non-hydrogen) atoms. The molecule has 0 aliphatic carbocycles. The van der Waals surface area contributed by atoms with Gasteiger partial charge in [0.15, 0.2) is 11.6 Å². The van der Waals surface area contributed by atoms with Gasteiger partial charge in [-0.25, -0.2) is 9.97 Å². The van der Waals surface area contributed by atoms with Gasteiger partial charge >= 0.3 is 0 Å². The first-order chi connectivity index (χ1) is 24.8. The van der Waals surface area contributed by atoms with E-state index in [1.165, 1.54) is 0 Å². The molecular weight excluding hydrogens is 617 g/mol. The summed E-state index contributed by atoms with van der Waals surface area (Å²) in [5.41, 5.74) is 10.0. The Kier molecular flexibility index (Phi) is 6.39. The van der Waals surface area contributed by atoms with Gasteiger partial charge in [0, 0.05) is 33.0 Å². The lowest BCUT2D eigenvalue weighted by Gasteiger charge is -2.16. The molecule has 0 radical (unpaired) electrons. The highest BCUT2D eigenvalue weighted by atomic mass is 16.3. The molecule has 4 heterocycles. The predicted octanol–water partition coefficient (Wildman–Crippen LogP) is 11.4. The number of furan rings is 2. The van der Waals surface area contributed by atoms with Crippen molar-refractivity contribution in [2.24, 2.45) is 0 Å². The van der Waals surface area contributed by atoms with E-state index in [2.05, 4.69) is 60.7 Å². The lowest BCUT2D eigenvalue weighted by Crippen LogP contribution is -1.97. The fraction of sp³-hybridized carbons (Fsp3) is 0. The van der Waals surface area contributed by atoms with Gasteiger partial charge in [-0.15, -0.1) is 0 Å². The van der Waals surface area contributed by atoms with Crippen molar-refractivity contribution in [3.63, 3.8) is 0 Å². The Bertz CT molecular complexity index is 2680. The predicted molar refractivity (Wildman–Crippen MR) is 199 cm³/mol. The minimum absolute atomic E-state index is 0.549. The number of aromatic nitrogens is 4. The molecule has 0 unspecified atom stereocenters. The van der Waals surface area contributed by atoms with Crippen LogP contribution in [0.25, 0.3) is 101 Å². The normalized spacial score (nSPS) is 11.6. The first kappa shape index (κ1) is 28.1. The summed E-state index contributed by atoms with van der Waals surface area (Å²) in [6.45, 7) is 0. The average molecular weight is 643 g/mol. The molecule has 0 amide bonds. The van der Waals surface area contributed by atoms with Crippen LogP contribution in [-0.2, 0) is 0 Å². The zero-order chi connectivity index (χ0) is 33.0. The van der Waals surface area contributed by atoms with E-state index in [0.29, 0.717) is 23.1 Å². The van der Waals surface area contributed by atoms with Gasteiger partial charge in [0.2, 0.25) is 11.4 Å². The van der Waals surface area contributed by atoms with Crippen LogP contribution in [0.4, 0.5) is 0 Å². The third kappa shape index (κ3) is 4.50. The molecule has 0 bridgehead atoms. The Morgan fingerprint density at radius 1 is 0.320 bits per heavy atom. The summed E-state index contributed by atoms with van der Waals surface area (Å²) in [5.74, 6) is 1.20. The summed E-state index contributed by atoms with van der Waals surface area (Å²) in [4.78, 5) is 20.4. The van der Waals surface area contributed by atoms with Gasteiger partial charge in [-0.2, -0.15) is 9.97 Å². The second-order valence-corrected chi connectivity index (χ2v) is 12.2. The Morgan fingerprint density at radius 3 is 1.12 bits per heavy atom. The van der Waals surface area contributed by atoms with Crippen LogP contribution in [0.2, 0.25) is 0 Å².